The number of anilines is 1. The van der Waals surface area contributed by atoms with E-state index in [9.17, 15) is 19.8 Å². The molecule has 0 fully saturated rings. The van der Waals surface area contributed by atoms with E-state index in [1.807, 2.05) is 30.3 Å². The number of nitrogens with one attached hydrogen (secondary N) is 1. The number of hydrogen-bond acceptors (Lipinski definition) is 7. The Kier molecular flexibility index (Phi) is 5.62. The molecule has 28 heavy (non-hydrogen) atoms. The molecule has 0 aliphatic rings. The molecule has 0 saturated carbocycles. The molecule has 0 unspecified atom stereocenters. The summed E-state index contributed by atoms with van der Waals surface area (Å²) in [6.07, 6.45) is 1.31. The smallest absolute Gasteiger partial charge is 0.295 e. The minimum Gasteiger partial charge on any atom is -0.497 e. The molecule has 0 saturated heterocycles. The van der Waals surface area contributed by atoms with Crippen LogP contribution >= 0.6 is 11.3 Å². The van der Waals surface area contributed by atoms with Crippen molar-refractivity contribution in [3.8, 4) is 23.1 Å². The number of thiazole rings is 1. The van der Waals surface area contributed by atoms with Crippen LogP contribution in [0.25, 0.3) is 16.8 Å². The highest BCUT2D eigenvalue weighted by Crippen LogP contribution is 2.29. The number of nitro benzene ring substituents is 1. The van der Waals surface area contributed by atoms with Gasteiger partial charge in [-0.15, -0.1) is 11.3 Å². The molecule has 0 bridgehead atoms. The Morgan fingerprint density at radius 1 is 1.39 bits per heavy atom. The summed E-state index contributed by atoms with van der Waals surface area (Å²) >= 11 is 1.26. The van der Waals surface area contributed by atoms with Gasteiger partial charge in [0.05, 0.1) is 23.8 Å². The first-order valence-corrected chi connectivity index (χ1v) is 8.81. The van der Waals surface area contributed by atoms with Gasteiger partial charge in [0.15, 0.2) is 0 Å². The van der Waals surface area contributed by atoms with Crippen molar-refractivity contribution in [1.82, 2.24) is 4.98 Å². The average molecular weight is 396 g/mol. The maximum Gasteiger partial charge on any atom is 0.295 e. The van der Waals surface area contributed by atoms with Gasteiger partial charge in [0.1, 0.15) is 33.9 Å². The van der Waals surface area contributed by atoms with Crippen molar-refractivity contribution in [3.05, 3.63) is 75.0 Å². The van der Waals surface area contributed by atoms with Gasteiger partial charge < -0.3 is 10.1 Å². The van der Waals surface area contributed by atoms with Crippen molar-refractivity contribution in [2.24, 2.45) is 0 Å². The highest BCUT2D eigenvalue weighted by molar-refractivity contribution is 7.11. The SMILES string of the molecule is COc1cccc(-c2csc(/C(C#N)=C\Nc3ccc(F)cc3[N+](=O)[O-])n2)c1. The number of hydrogen-bond donors (Lipinski definition) is 1. The topological polar surface area (TPSA) is 101 Å². The third kappa shape index (κ3) is 4.13. The van der Waals surface area contributed by atoms with E-state index >= 15 is 0 Å². The van der Waals surface area contributed by atoms with Gasteiger partial charge in [0, 0.05) is 17.1 Å². The lowest BCUT2D eigenvalue weighted by molar-refractivity contribution is -0.384. The molecule has 1 heterocycles. The highest BCUT2D eigenvalue weighted by Gasteiger charge is 2.15. The molecule has 0 amide bonds. The Morgan fingerprint density at radius 3 is 2.93 bits per heavy atom. The molecule has 1 aromatic heterocycles. The van der Waals surface area contributed by atoms with Crippen LogP contribution in [0.3, 0.4) is 0 Å². The molecule has 7 nitrogen and oxygen atoms in total. The van der Waals surface area contributed by atoms with Crippen molar-refractivity contribution in [1.29, 1.82) is 5.26 Å². The van der Waals surface area contributed by atoms with Gasteiger partial charge >= 0.3 is 0 Å². The lowest BCUT2D eigenvalue weighted by atomic mass is 10.1. The van der Waals surface area contributed by atoms with Crippen LogP contribution in [0.2, 0.25) is 0 Å². The zero-order valence-corrected chi connectivity index (χ0v) is 15.4. The molecule has 1 N–H and O–H groups in total. The second-order valence-corrected chi connectivity index (χ2v) is 6.36. The number of nitriles is 1. The summed E-state index contributed by atoms with van der Waals surface area (Å²) in [6, 6.07) is 12.5. The predicted molar refractivity (Wildman–Crippen MR) is 104 cm³/mol. The Hall–Kier alpha value is -3.77. The summed E-state index contributed by atoms with van der Waals surface area (Å²) in [7, 11) is 1.57. The third-order valence-corrected chi connectivity index (χ3v) is 4.62. The van der Waals surface area contributed by atoms with Gasteiger partial charge in [-0.3, -0.25) is 10.1 Å². The van der Waals surface area contributed by atoms with Crippen LogP contribution in [-0.2, 0) is 0 Å². The van der Waals surface area contributed by atoms with E-state index < -0.39 is 16.4 Å². The molecule has 0 aliphatic heterocycles. The summed E-state index contributed by atoms with van der Waals surface area (Å²) < 4.78 is 18.4. The van der Waals surface area contributed by atoms with Crippen molar-refractivity contribution in [2.75, 3.05) is 12.4 Å². The van der Waals surface area contributed by atoms with E-state index in [-0.39, 0.29) is 11.3 Å². The number of allylic oxidation sites excluding steroid dienone is 1. The molecule has 0 radical (unpaired) electrons. The second kappa shape index (κ2) is 8.28. The quantitative estimate of drug-likeness (QED) is 0.363. The minimum atomic E-state index is -0.718. The number of methoxy groups -OCH3 is 1. The van der Waals surface area contributed by atoms with Crippen molar-refractivity contribution >= 4 is 28.3 Å². The van der Waals surface area contributed by atoms with E-state index in [2.05, 4.69) is 10.3 Å². The van der Waals surface area contributed by atoms with Gasteiger partial charge in [0.2, 0.25) is 0 Å². The van der Waals surface area contributed by atoms with Crippen LogP contribution in [0.5, 0.6) is 5.75 Å². The summed E-state index contributed by atoms with van der Waals surface area (Å²) in [4.78, 5) is 14.8. The first-order valence-electron chi connectivity index (χ1n) is 7.93. The highest BCUT2D eigenvalue weighted by atomic mass is 32.1. The average Bonchev–Trinajstić information content (AvgIpc) is 3.19. The Morgan fingerprint density at radius 2 is 2.21 bits per heavy atom. The van der Waals surface area contributed by atoms with Crippen LogP contribution < -0.4 is 10.1 Å². The van der Waals surface area contributed by atoms with E-state index in [0.29, 0.717) is 16.5 Å². The molecule has 0 atom stereocenters. The zero-order valence-electron chi connectivity index (χ0n) is 14.5. The third-order valence-electron chi connectivity index (χ3n) is 3.75. The summed E-state index contributed by atoms with van der Waals surface area (Å²) in [5.74, 6) is -0.0297. The molecular formula is C19H13FN4O3S. The fraction of sp³-hybridized carbons (Fsp3) is 0.0526. The molecule has 2 aromatic carbocycles. The number of ether oxygens (including phenoxy) is 1. The number of nitrogens with zero attached hydrogens (tertiary/aromatic N) is 3. The minimum absolute atomic E-state index is 0.0729. The van der Waals surface area contributed by atoms with E-state index in [1.165, 1.54) is 23.6 Å². The van der Waals surface area contributed by atoms with Crippen molar-refractivity contribution < 1.29 is 14.1 Å². The maximum absolute atomic E-state index is 13.2. The van der Waals surface area contributed by atoms with Crippen LogP contribution in [-0.4, -0.2) is 17.0 Å². The summed E-state index contributed by atoms with van der Waals surface area (Å²) in [6.45, 7) is 0. The first kappa shape index (κ1) is 19.0. The molecule has 140 valence electrons. The monoisotopic (exact) mass is 396 g/mol. The predicted octanol–water partition coefficient (Wildman–Crippen LogP) is 4.84. The van der Waals surface area contributed by atoms with Crippen molar-refractivity contribution in [3.63, 3.8) is 0 Å². The van der Waals surface area contributed by atoms with Gasteiger partial charge in [-0.1, -0.05) is 12.1 Å². The second-order valence-electron chi connectivity index (χ2n) is 5.50. The molecule has 0 aliphatic carbocycles. The number of rotatable bonds is 6. The molecule has 9 heteroatoms. The van der Waals surface area contributed by atoms with E-state index in [4.69, 9.17) is 4.74 Å². The van der Waals surface area contributed by atoms with Gasteiger partial charge in [-0.25, -0.2) is 9.37 Å². The zero-order chi connectivity index (χ0) is 20.1. The Labute approximate surface area is 163 Å². The molecule has 3 aromatic rings. The first-order chi connectivity index (χ1) is 13.5. The van der Waals surface area contributed by atoms with Crippen LogP contribution in [0, 0.1) is 27.3 Å². The van der Waals surface area contributed by atoms with E-state index in [0.717, 1.165) is 17.7 Å². The van der Waals surface area contributed by atoms with Crippen LogP contribution in [0.4, 0.5) is 15.8 Å². The van der Waals surface area contributed by atoms with Crippen molar-refractivity contribution in [2.45, 2.75) is 0 Å². The largest absolute Gasteiger partial charge is 0.497 e. The molecule has 0 spiro atoms. The lowest BCUT2D eigenvalue weighted by Crippen LogP contribution is -1.97. The Bertz CT molecular complexity index is 1100. The van der Waals surface area contributed by atoms with E-state index in [1.54, 1.807) is 12.5 Å². The molecular weight excluding hydrogens is 383 g/mol. The molecule has 3 rings (SSSR count). The standard InChI is InChI=1S/C19H13FN4O3S/c1-27-15-4-2-3-12(7-15)17-11-28-19(23-17)13(9-21)10-22-16-6-5-14(20)8-18(16)24(25)26/h2-8,10-11,22H,1H3/b13-10-. The number of nitro groups is 1. The number of halogens is 1. The van der Waals surface area contributed by atoms with Crippen LogP contribution in [0.15, 0.2) is 54.0 Å². The summed E-state index contributed by atoms with van der Waals surface area (Å²) in [5, 5.41) is 25.4. The van der Waals surface area contributed by atoms with Gasteiger partial charge in [-0.05, 0) is 24.3 Å². The fourth-order valence-corrected chi connectivity index (χ4v) is 3.18. The summed E-state index contributed by atoms with van der Waals surface area (Å²) in [5.41, 5.74) is 1.35. The fourth-order valence-electron chi connectivity index (χ4n) is 2.38. The Balaban J connectivity index is 1.88. The van der Waals surface area contributed by atoms with Gasteiger partial charge in [-0.2, -0.15) is 5.26 Å². The lowest BCUT2D eigenvalue weighted by Gasteiger charge is -2.03. The van der Waals surface area contributed by atoms with Gasteiger partial charge in [0.25, 0.3) is 5.69 Å². The maximum atomic E-state index is 13.2. The normalized spacial score (nSPS) is 11.0. The number of benzene rings is 2. The van der Waals surface area contributed by atoms with Crippen LogP contribution in [0.1, 0.15) is 5.01 Å². The number of aromatic nitrogens is 1.